The Balaban J connectivity index is 2.11. The molecule has 0 saturated carbocycles. The molecule has 1 fully saturated rings. The first-order chi connectivity index (χ1) is 7.13. The smallest absolute Gasteiger partial charge is 0.222 e. The molecule has 4 nitrogen and oxygen atoms in total. The van der Waals surface area contributed by atoms with Crippen LogP contribution in [0.1, 0.15) is 20.3 Å². The molecule has 5 heteroatoms. The van der Waals surface area contributed by atoms with Crippen LogP contribution < -0.4 is 10.2 Å². The van der Waals surface area contributed by atoms with E-state index in [1.165, 1.54) is 0 Å². The Morgan fingerprint density at radius 1 is 1.53 bits per heavy atom. The van der Waals surface area contributed by atoms with Gasteiger partial charge in [0.05, 0.1) is 24.7 Å². The summed E-state index contributed by atoms with van der Waals surface area (Å²) in [5.74, 6) is 0. The molecule has 0 amide bonds. The maximum absolute atomic E-state index is 5.65. The van der Waals surface area contributed by atoms with Crippen molar-refractivity contribution in [2.24, 2.45) is 0 Å². The van der Waals surface area contributed by atoms with Crippen LogP contribution in [0.25, 0.3) is 0 Å². The van der Waals surface area contributed by atoms with Crippen LogP contribution in [0.4, 0.5) is 5.69 Å². The van der Waals surface area contributed by atoms with E-state index in [1.807, 2.05) is 0 Å². The van der Waals surface area contributed by atoms with E-state index >= 15 is 0 Å². The Bertz CT molecular complexity index is 340. The maximum atomic E-state index is 5.65. The summed E-state index contributed by atoms with van der Waals surface area (Å²) in [6.45, 7) is 6.24. The largest absolute Gasteiger partial charge is 0.354 e. The molecule has 1 N–H and O–H groups in total. The highest BCUT2D eigenvalue weighted by Gasteiger charge is 2.31. The van der Waals surface area contributed by atoms with Crippen molar-refractivity contribution < 1.29 is 0 Å². The van der Waals surface area contributed by atoms with Crippen molar-refractivity contribution in [3.63, 3.8) is 0 Å². The van der Waals surface area contributed by atoms with E-state index in [1.54, 1.807) is 12.4 Å². The van der Waals surface area contributed by atoms with Crippen molar-refractivity contribution >= 4 is 17.3 Å². The molecule has 1 aliphatic heterocycles. The van der Waals surface area contributed by atoms with Gasteiger partial charge < -0.3 is 4.90 Å². The van der Waals surface area contributed by atoms with Gasteiger partial charge in [0.2, 0.25) is 5.28 Å². The molecule has 2 rings (SSSR count). The zero-order valence-corrected chi connectivity index (χ0v) is 9.75. The molecule has 0 aliphatic carbocycles. The molecule has 1 aliphatic rings. The summed E-state index contributed by atoms with van der Waals surface area (Å²) in [6, 6.07) is 0. The van der Waals surface area contributed by atoms with Gasteiger partial charge in [-0.05, 0) is 24.9 Å². The topological polar surface area (TPSA) is 41.1 Å². The molecule has 2 heterocycles. The lowest BCUT2D eigenvalue weighted by Crippen LogP contribution is -2.38. The summed E-state index contributed by atoms with van der Waals surface area (Å²) >= 11 is 5.65. The fraction of sp³-hybridized carbons (Fsp3) is 0.600. The number of hydrogen-bond donors (Lipinski definition) is 1. The van der Waals surface area contributed by atoms with Crippen LogP contribution in [0.2, 0.25) is 5.28 Å². The van der Waals surface area contributed by atoms with E-state index in [-0.39, 0.29) is 5.54 Å². The zero-order valence-electron chi connectivity index (χ0n) is 9.00. The molecule has 15 heavy (non-hydrogen) atoms. The Morgan fingerprint density at radius 2 is 2.20 bits per heavy atom. The van der Waals surface area contributed by atoms with Crippen LogP contribution in [-0.2, 0) is 0 Å². The third kappa shape index (κ3) is 2.21. The summed E-state index contributed by atoms with van der Waals surface area (Å²) < 4.78 is 0. The number of nitrogens with one attached hydrogen (secondary N) is 1. The van der Waals surface area contributed by atoms with Crippen LogP contribution in [0, 0.1) is 0 Å². The van der Waals surface area contributed by atoms with Crippen LogP contribution >= 0.6 is 11.6 Å². The van der Waals surface area contributed by atoms with Gasteiger partial charge in [-0.2, -0.15) is 0 Å². The monoisotopic (exact) mass is 226 g/mol. The minimum atomic E-state index is 0.194. The number of anilines is 1. The molecule has 1 aromatic heterocycles. The third-order valence-corrected chi connectivity index (χ3v) is 3.18. The van der Waals surface area contributed by atoms with Gasteiger partial charge in [0, 0.05) is 12.1 Å². The van der Waals surface area contributed by atoms with Gasteiger partial charge >= 0.3 is 0 Å². The second-order valence-corrected chi connectivity index (χ2v) is 4.50. The summed E-state index contributed by atoms with van der Waals surface area (Å²) in [5.41, 5.74) is 1.21. The van der Waals surface area contributed by atoms with E-state index in [9.17, 15) is 0 Å². The molecule has 0 unspecified atom stereocenters. The summed E-state index contributed by atoms with van der Waals surface area (Å²) in [4.78, 5) is 10.2. The van der Waals surface area contributed by atoms with E-state index in [4.69, 9.17) is 11.6 Å². The Labute approximate surface area is 94.7 Å². The van der Waals surface area contributed by atoms with Gasteiger partial charge in [-0.1, -0.05) is 6.92 Å². The van der Waals surface area contributed by atoms with E-state index in [0.717, 1.165) is 25.3 Å². The minimum Gasteiger partial charge on any atom is -0.354 e. The molecular formula is C10H15ClN4. The molecule has 0 bridgehead atoms. The van der Waals surface area contributed by atoms with Crippen molar-refractivity contribution in [1.29, 1.82) is 0 Å². The lowest BCUT2D eigenvalue weighted by molar-refractivity contribution is 0.426. The van der Waals surface area contributed by atoms with Crippen molar-refractivity contribution in [1.82, 2.24) is 15.3 Å². The van der Waals surface area contributed by atoms with Gasteiger partial charge in [-0.25, -0.2) is 9.97 Å². The molecule has 82 valence electrons. The Morgan fingerprint density at radius 3 is 2.73 bits per heavy atom. The number of hydrogen-bond acceptors (Lipinski definition) is 4. The number of aromatic nitrogens is 2. The Kier molecular flexibility index (Phi) is 2.80. The molecule has 0 radical (unpaired) electrons. The fourth-order valence-electron chi connectivity index (χ4n) is 1.71. The van der Waals surface area contributed by atoms with Gasteiger partial charge in [-0.3, -0.25) is 5.32 Å². The van der Waals surface area contributed by atoms with E-state index < -0.39 is 0 Å². The van der Waals surface area contributed by atoms with Gasteiger partial charge in [0.15, 0.2) is 0 Å². The molecule has 0 spiro atoms. The van der Waals surface area contributed by atoms with E-state index in [0.29, 0.717) is 5.28 Å². The van der Waals surface area contributed by atoms with Crippen LogP contribution in [-0.4, -0.2) is 28.7 Å². The highest BCUT2D eigenvalue weighted by atomic mass is 35.5. The quantitative estimate of drug-likeness (QED) is 0.779. The van der Waals surface area contributed by atoms with Gasteiger partial charge in [-0.15, -0.1) is 0 Å². The lowest BCUT2D eigenvalue weighted by atomic mass is 10.0. The normalized spacial score (nSPS) is 25.9. The molecule has 0 aromatic carbocycles. The minimum absolute atomic E-state index is 0.194. The van der Waals surface area contributed by atoms with Crippen molar-refractivity contribution in [2.75, 3.05) is 18.1 Å². The summed E-state index contributed by atoms with van der Waals surface area (Å²) in [6.07, 6.45) is 4.63. The first kappa shape index (κ1) is 10.6. The third-order valence-electron chi connectivity index (χ3n) is 2.99. The Hall–Kier alpha value is -0.870. The first-order valence-corrected chi connectivity index (χ1v) is 5.48. The van der Waals surface area contributed by atoms with Crippen LogP contribution in [0.5, 0.6) is 0 Å². The molecular weight excluding hydrogens is 212 g/mol. The summed E-state index contributed by atoms with van der Waals surface area (Å²) in [7, 11) is 0. The summed E-state index contributed by atoms with van der Waals surface area (Å²) in [5, 5.41) is 3.78. The lowest BCUT2D eigenvalue weighted by Gasteiger charge is -2.22. The predicted molar refractivity (Wildman–Crippen MR) is 61.1 cm³/mol. The first-order valence-electron chi connectivity index (χ1n) is 5.10. The fourth-order valence-corrected chi connectivity index (χ4v) is 1.81. The average Bonchev–Trinajstić information content (AvgIpc) is 2.63. The SMILES string of the molecule is CC[C@]1(C)CN(c2cnc(Cl)nc2)CN1. The molecule has 1 saturated heterocycles. The molecule has 1 aromatic rings. The second-order valence-electron chi connectivity index (χ2n) is 4.16. The maximum Gasteiger partial charge on any atom is 0.222 e. The number of halogens is 1. The number of rotatable bonds is 2. The number of nitrogens with zero attached hydrogens (tertiary/aromatic N) is 3. The van der Waals surface area contributed by atoms with Gasteiger partial charge in [0.1, 0.15) is 0 Å². The van der Waals surface area contributed by atoms with Crippen molar-refractivity contribution in [3.8, 4) is 0 Å². The van der Waals surface area contributed by atoms with E-state index in [2.05, 4.69) is 34.0 Å². The average molecular weight is 227 g/mol. The predicted octanol–water partition coefficient (Wildman–Crippen LogP) is 1.67. The van der Waals surface area contributed by atoms with Crippen molar-refractivity contribution in [2.45, 2.75) is 25.8 Å². The highest BCUT2D eigenvalue weighted by molar-refractivity contribution is 6.28. The van der Waals surface area contributed by atoms with Crippen LogP contribution in [0.15, 0.2) is 12.4 Å². The van der Waals surface area contributed by atoms with Gasteiger partial charge in [0.25, 0.3) is 0 Å². The van der Waals surface area contributed by atoms with Crippen molar-refractivity contribution in [3.05, 3.63) is 17.7 Å². The molecule has 1 atom stereocenters. The van der Waals surface area contributed by atoms with Crippen LogP contribution in [0.3, 0.4) is 0 Å². The standard InChI is InChI=1S/C10H15ClN4/c1-3-10(2)6-15(7-14-10)8-4-12-9(11)13-5-8/h4-5,14H,3,6-7H2,1-2H3/t10-/m1/s1. The highest BCUT2D eigenvalue weighted by Crippen LogP contribution is 2.22. The second kappa shape index (κ2) is 3.94. The zero-order chi connectivity index (χ0) is 10.9.